The molecule has 1 N–H and O–H groups in total. The van der Waals surface area contributed by atoms with Crippen LogP contribution in [0.3, 0.4) is 0 Å². The van der Waals surface area contributed by atoms with Gasteiger partial charge < -0.3 is 10.2 Å². The minimum absolute atomic E-state index is 0.0304. The van der Waals surface area contributed by atoms with Gasteiger partial charge in [-0.2, -0.15) is 0 Å². The Kier molecular flexibility index (Phi) is 5.29. The molecule has 2 fully saturated rings. The second-order valence-electron chi connectivity index (χ2n) is 9.18. The highest BCUT2D eigenvalue weighted by molar-refractivity contribution is 6.00. The Hall–Kier alpha value is -3.06. The summed E-state index contributed by atoms with van der Waals surface area (Å²) in [6.07, 6.45) is 3.72. The zero-order valence-corrected chi connectivity index (χ0v) is 18.7. The summed E-state index contributed by atoms with van der Waals surface area (Å²) in [4.78, 5) is 26.8. The van der Waals surface area contributed by atoms with Crippen LogP contribution in [-0.4, -0.2) is 58.9 Å². The third-order valence-corrected chi connectivity index (χ3v) is 6.67. The molecule has 5 rings (SSSR count). The number of halogens is 1. The molecule has 0 spiro atoms. The number of hydrogen-bond donors (Lipinski definition) is 1. The summed E-state index contributed by atoms with van der Waals surface area (Å²) >= 11 is 0. The third kappa shape index (κ3) is 3.81. The molecule has 6 nitrogen and oxygen atoms in total. The van der Waals surface area contributed by atoms with Crippen LogP contribution in [-0.2, 0) is 0 Å². The van der Waals surface area contributed by atoms with Crippen LogP contribution in [0.2, 0.25) is 0 Å². The number of rotatable bonds is 3. The average Bonchev–Trinajstić information content (AvgIpc) is 3.33. The highest BCUT2D eigenvalue weighted by Crippen LogP contribution is 2.35. The molecule has 2 saturated heterocycles. The second-order valence-corrected chi connectivity index (χ2v) is 9.18. The van der Waals surface area contributed by atoms with Crippen molar-refractivity contribution >= 4 is 11.6 Å². The van der Waals surface area contributed by atoms with Gasteiger partial charge >= 0.3 is 0 Å². The Morgan fingerprint density at radius 1 is 1.06 bits per heavy atom. The van der Waals surface area contributed by atoms with E-state index in [1.165, 1.54) is 6.07 Å². The van der Waals surface area contributed by atoms with E-state index in [4.69, 9.17) is 4.99 Å². The lowest BCUT2D eigenvalue weighted by Crippen LogP contribution is -2.46. The molecular weight excluding hydrogens is 405 g/mol. The summed E-state index contributed by atoms with van der Waals surface area (Å²) in [5, 5.41) is 3.44. The van der Waals surface area contributed by atoms with Gasteiger partial charge in [-0.3, -0.25) is 19.7 Å². The third-order valence-electron chi connectivity index (χ3n) is 6.67. The van der Waals surface area contributed by atoms with Crippen molar-refractivity contribution in [2.45, 2.75) is 27.1 Å². The average molecular weight is 434 g/mol. The van der Waals surface area contributed by atoms with Crippen LogP contribution in [0.4, 0.5) is 4.39 Å². The first-order valence-electron chi connectivity index (χ1n) is 11.1. The number of carbonyl (C=O) groups is 1. The van der Waals surface area contributed by atoms with E-state index < -0.39 is 5.82 Å². The molecule has 0 radical (unpaired) electrons. The number of aryl methyl sites for hydroxylation is 1. The molecule has 3 atom stereocenters. The van der Waals surface area contributed by atoms with E-state index in [1.54, 1.807) is 24.4 Å². The summed E-state index contributed by atoms with van der Waals surface area (Å²) in [6.45, 7) is 9.17. The maximum atomic E-state index is 14.8. The number of allylic oxidation sites excluding steroid dienone is 2. The van der Waals surface area contributed by atoms with E-state index in [-0.39, 0.29) is 17.8 Å². The quantitative estimate of drug-likeness (QED) is 0.806. The number of amides is 1. The fourth-order valence-corrected chi connectivity index (χ4v) is 5.14. The number of benzene rings is 1. The van der Waals surface area contributed by atoms with Gasteiger partial charge in [-0.05, 0) is 62.4 Å². The lowest BCUT2D eigenvalue weighted by Gasteiger charge is -2.30. The van der Waals surface area contributed by atoms with Gasteiger partial charge in [0.25, 0.3) is 5.91 Å². The first-order chi connectivity index (χ1) is 15.4. The van der Waals surface area contributed by atoms with Gasteiger partial charge in [0.1, 0.15) is 5.82 Å². The lowest BCUT2D eigenvalue weighted by atomic mass is 10.0. The van der Waals surface area contributed by atoms with Crippen molar-refractivity contribution in [3.8, 4) is 11.3 Å². The molecule has 4 heterocycles. The minimum Gasteiger partial charge on any atom is -0.355 e. The Bertz CT molecular complexity index is 1100. The monoisotopic (exact) mass is 433 g/mol. The number of carbonyl (C=O) groups excluding carboxylic acids is 1. The van der Waals surface area contributed by atoms with Gasteiger partial charge in [-0.1, -0.05) is 12.1 Å². The molecule has 1 amide bonds. The molecule has 7 heteroatoms. The predicted octanol–water partition coefficient (Wildman–Crippen LogP) is 3.45. The lowest BCUT2D eigenvalue weighted by molar-refractivity contribution is 0.0768. The summed E-state index contributed by atoms with van der Waals surface area (Å²) in [6, 6.07) is 8.36. The second kappa shape index (κ2) is 8.13. The van der Waals surface area contributed by atoms with Gasteiger partial charge in [0.05, 0.1) is 11.3 Å². The van der Waals surface area contributed by atoms with Gasteiger partial charge in [0.2, 0.25) is 0 Å². The Labute approximate surface area is 187 Å². The molecule has 166 valence electrons. The number of pyridine rings is 1. The van der Waals surface area contributed by atoms with E-state index in [2.05, 4.69) is 22.1 Å². The molecule has 3 aliphatic heterocycles. The fraction of sp³-hybridized carbons (Fsp3) is 0.400. The first-order valence-corrected chi connectivity index (χ1v) is 11.1. The van der Waals surface area contributed by atoms with Crippen molar-refractivity contribution in [3.63, 3.8) is 0 Å². The first kappa shape index (κ1) is 20.8. The van der Waals surface area contributed by atoms with Crippen molar-refractivity contribution in [1.29, 1.82) is 0 Å². The number of nitrogens with zero attached hydrogens (tertiary/aromatic N) is 4. The summed E-state index contributed by atoms with van der Waals surface area (Å²) in [5.74, 6) is 0.262. The molecule has 32 heavy (non-hydrogen) atoms. The topological polar surface area (TPSA) is 60.8 Å². The smallest absolute Gasteiger partial charge is 0.254 e. The molecule has 1 aromatic carbocycles. The number of nitrogens with one attached hydrogen (secondary N) is 1. The Morgan fingerprint density at radius 3 is 2.47 bits per heavy atom. The number of fused-ring (bicyclic) bond motifs is 1. The largest absolute Gasteiger partial charge is 0.355 e. The number of aromatic nitrogens is 1. The van der Waals surface area contributed by atoms with E-state index in [0.29, 0.717) is 36.2 Å². The van der Waals surface area contributed by atoms with E-state index >= 15 is 0 Å². The summed E-state index contributed by atoms with van der Waals surface area (Å²) in [7, 11) is 0. The van der Waals surface area contributed by atoms with Gasteiger partial charge in [0.15, 0.2) is 6.29 Å². The van der Waals surface area contributed by atoms with Crippen LogP contribution in [0, 0.1) is 24.6 Å². The highest BCUT2D eigenvalue weighted by Gasteiger charge is 2.44. The zero-order chi connectivity index (χ0) is 22.4. The molecule has 0 bridgehead atoms. The standard InChI is InChI=1S/C25H28FN5O/c1-15-7-8-22(27-10-15)23-20(5-4-6-21(23)26)24(32)30-11-18-13-31(14-19(18)12-30)25-28-16(2)9-17(3)29-25/h4-10,18-19,25,28H,11-14H2,1-3H3. The minimum atomic E-state index is -0.419. The van der Waals surface area contributed by atoms with Crippen LogP contribution in [0.15, 0.2) is 53.3 Å². The molecule has 0 saturated carbocycles. The summed E-state index contributed by atoms with van der Waals surface area (Å²) < 4.78 is 14.8. The Balaban J connectivity index is 1.32. The highest BCUT2D eigenvalue weighted by atomic mass is 19.1. The summed E-state index contributed by atoms with van der Waals surface area (Å²) in [5.41, 5.74) is 4.31. The maximum Gasteiger partial charge on any atom is 0.254 e. The van der Waals surface area contributed by atoms with E-state index in [1.807, 2.05) is 30.9 Å². The van der Waals surface area contributed by atoms with Gasteiger partial charge in [0, 0.05) is 49.3 Å². The van der Waals surface area contributed by atoms with E-state index in [9.17, 15) is 9.18 Å². The van der Waals surface area contributed by atoms with Crippen molar-refractivity contribution in [1.82, 2.24) is 20.1 Å². The van der Waals surface area contributed by atoms with Crippen molar-refractivity contribution in [2.24, 2.45) is 16.8 Å². The molecule has 1 aromatic heterocycles. The molecule has 3 unspecified atom stereocenters. The predicted molar refractivity (Wildman–Crippen MR) is 123 cm³/mol. The molecule has 3 aliphatic rings. The van der Waals surface area contributed by atoms with Crippen LogP contribution in [0.5, 0.6) is 0 Å². The fourth-order valence-electron chi connectivity index (χ4n) is 5.14. The number of likely N-dealkylation sites (tertiary alicyclic amines) is 2. The van der Waals surface area contributed by atoms with Gasteiger partial charge in [-0.15, -0.1) is 0 Å². The maximum absolute atomic E-state index is 14.8. The number of aliphatic imine (C=N–C) groups is 1. The normalized spacial score (nSPS) is 25.2. The molecule has 0 aliphatic carbocycles. The van der Waals surface area contributed by atoms with Crippen molar-refractivity contribution in [3.05, 3.63) is 65.2 Å². The van der Waals surface area contributed by atoms with Crippen LogP contribution in [0.25, 0.3) is 11.3 Å². The SMILES string of the molecule is CC1=CC(C)=NC(N2CC3CN(C(=O)c4cccc(F)c4-c4ccc(C)cn4)CC3C2)N1. The van der Waals surface area contributed by atoms with Crippen LogP contribution < -0.4 is 5.32 Å². The van der Waals surface area contributed by atoms with E-state index in [0.717, 1.165) is 30.1 Å². The van der Waals surface area contributed by atoms with Crippen LogP contribution in [0.1, 0.15) is 29.8 Å². The Morgan fingerprint density at radius 2 is 1.81 bits per heavy atom. The number of hydrogen-bond acceptors (Lipinski definition) is 5. The van der Waals surface area contributed by atoms with Crippen LogP contribution >= 0.6 is 0 Å². The molecular formula is C25H28FN5O. The van der Waals surface area contributed by atoms with Crippen molar-refractivity contribution < 1.29 is 9.18 Å². The zero-order valence-electron chi connectivity index (χ0n) is 18.7. The van der Waals surface area contributed by atoms with Gasteiger partial charge in [-0.25, -0.2) is 4.39 Å². The molecule has 2 aromatic rings. The van der Waals surface area contributed by atoms with Crippen molar-refractivity contribution in [2.75, 3.05) is 26.2 Å².